The van der Waals surface area contributed by atoms with Gasteiger partial charge in [-0.2, -0.15) is 0 Å². The molecule has 0 spiro atoms. The first-order valence-electron chi connectivity index (χ1n) is 9.89. The van der Waals surface area contributed by atoms with Crippen molar-refractivity contribution < 1.29 is 9.21 Å². The van der Waals surface area contributed by atoms with Gasteiger partial charge in [0, 0.05) is 18.1 Å². The number of rotatable bonds is 6. The third-order valence-corrected chi connectivity index (χ3v) is 5.83. The maximum absolute atomic E-state index is 13.4. The quantitative estimate of drug-likeness (QED) is 0.606. The summed E-state index contributed by atoms with van der Waals surface area (Å²) in [6.45, 7) is 7.25. The van der Waals surface area contributed by atoms with Crippen LogP contribution in [0.15, 0.2) is 57.7 Å². The number of likely N-dealkylation sites (N-methyl/N-ethyl adjacent to an activating group) is 1. The summed E-state index contributed by atoms with van der Waals surface area (Å²) in [5.74, 6) is -0.104. The number of halogens is 1. The van der Waals surface area contributed by atoms with Gasteiger partial charge in [0.25, 0.3) is 5.91 Å². The van der Waals surface area contributed by atoms with Gasteiger partial charge in [-0.05, 0) is 36.9 Å². The number of fused-ring (bicyclic) bond motifs is 2. The summed E-state index contributed by atoms with van der Waals surface area (Å²) in [6, 6.07) is 14.1. The minimum absolute atomic E-state index is 0.137. The molecule has 3 aromatic rings. The van der Waals surface area contributed by atoms with E-state index in [0.29, 0.717) is 28.1 Å². The number of carbonyl (C=O) groups excluding carboxylic acids is 1. The van der Waals surface area contributed by atoms with E-state index in [4.69, 9.17) is 16.0 Å². The van der Waals surface area contributed by atoms with Gasteiger partial charge in [0.2, 0.25) is 5.76 Å². The van der Waals surface area contributed by atoms with Crippen molar-refractivity contribution in [1.29, 1.82) is 0 Å². The molecule has 1 atom stereocenters. The van der Waals surface area contributed by atoms with Gasteiger partial charge in [-0.25, -0.2) is 0 Å². The number of amides is 1. The first-order chi connectivity index (χ1) is 14.0. The zero-order chi connectivity index (χ0) is 20.5. The summed E-state index contributed by atoms with van der Waals surface area (Å²) in [4.78, 5) is 30.7. The summed E-state index contributed by atoms with van der Waals surface area (Å²) in [6.07, 6.45) is 0. The van der Waals surface area contributed by atoms with E-state index in [2.05, 4.69) is 18.7 Å². The Balaban J connectivity index is 1.87. The highest BCUT2D eigenvalue weighted by Gasteiger charge is 2.42. The fraction of sp³-hybridized carbons (Fsp3) is 0.304. The van der Waals surface area contributed by atoms with Gasteiger partial charge < -0.3 is 14.2 Å². The first-order valence-corrected chi connectivity index (χ1v) is 10.3. The van der Waals surface area contributed by atoms with Crippen LogP contribution in [0.25, 0.3) is 11.0 Å². The Kier molecular flexibility index (Phi) is 5.43. The molecule has 6 heteroatoms. The van der Waals surface area contributed by atoms with E-state index >= 15 is 0 Å². The van der Waals surface area contributed by atoms with Gasteiger partial charge in [-0.3, -0.25) is 9.59 Å². The SMILES string of the molecule is CCN(CC)CCN1C(=O)c2oc3ccc(Cl)cc3c(=O)c2C1c1ccccc1. The maximum Gasteiger partial charge on any atom is 0.290 e. The molecule has 0 fully saturated rings. The predicted molar refractivity (Wildman–Crippen MR) is 115 cm³/mol. The molecule has 1 aliphatic rings. The van der Waals surface area contributed by atoms with Crippen molar-refractivity contribution in [3.8, 4) is 0 Å². The van der Waals surface area contributed by atoms with Crippen LogP contribution >= 0.6 is 11.6 Å². The van der Waals surface area contributed by atoms with E-state index in [1.165, 1.54) is 0 Å². The monoisotopic (exact) mass is 410 g/mol. The van der Waals surface area contributed by atoms with Crippen LogP contribution in [0, 0.1) is 0 Å². The molecule has 1 amide bonds. The van der Waals surface area contributed by atoms with E-state index in [-0.39, 0.29) is 17.1 Å². The van der Waals surface area contributed by atoms with Crippen LogP contribution in [0.5, 0.6) is 0 Å². The zero-order valence-corrected chi connectivity index (χ0v) is 17.3. The number of nitrogens with zero attached hydrogens (tertiary/aromatic N) is 2. The molecule has 29 heavy (non-hydrogen) atoms. The molecule has 150 valence electrons. The third kappa shape index (κ3) is 3.45. The van der Waals surface area contributed by atoms with E-state index in [0.717, 1.165) is 25.2 Å². The number of carbonyl (C=O) groups is 1. The molecule has 5 nitrogen and oxygen atoms in total. The largest absolute Gasteiger partial charge is 0.450 e. The average molecular weight is 411 g/mol. The molecule has 0 radical (unpaired) electrons. The smallest absolute Gasteiger partial charge is 0.290 e. The van der Waals surface area contributed by atoms with Crippen molar-refractivity contribution in [3.63, 3.8) is 0 Å². The highest BCUT2D eigenvalue weighted by atomic mass is 35.5. The lowest BCUT2D eigenvalue weighted by Crippen LogP contribution is -2.37. The Morgan fingerprint density at radius 1 is 1.07 bits per heavy atom. The Morgan fingerprint density at radius 3 is 2.48 bits per heavy atom. The van der Waals surface area contributed by atoms with Crippen molar-refractivity contribution in [2.45, 2.75) is 19.9 Å². The first kappa shape index (κ1) is 19.7. The second kappa shape index (κ2) is 8.01. The van der Waals surface area contributed by atoms with E-state index < -0.39 is 6.04 Å². The molecule has 2 heterocycles. The fourth-order valence-electron chi connectivity index (χ4n) is 3.99. The van der Waals surface area contributed by atoms with Crippen molar-refractivity contribution >= 4 is 28.5 Å². The second-order valence-corrected chi connectivity index (χ2v) is 7.59. The van der Waals surface area contributed by atoms with E-state index in [1.807, 2.05) is 30.3 Å². The highest BCUT2D eigenvalue weighted by molar-refractivity contribution is 6.31. The number of hydrogen-bond donors (Lipinski definition) is 0. The van der Waals surface area contributed by atoms with Crippen LogP contribution in [0.2, 0.25) is 5.02 Å². The summed E-state index contributed by atoms with van der Waals surface area (Å²) in [5.41, 5.74) is 1.48. The molecule has 0 saturated carbocycles. The average Bonchev–Trinajstić information content (AvgIpc) is 3.02. The van der Waals surface area contributed by atoms with Crippen LogP contribution in [-0.2, 0) is 0 Å². The third-order valence-electron chi connectivity index (χ3n) is 5.59. The second-order valence-electron chi connectivity index (χ2n) is 7.15. The molecule has 1 aliphatic heterocycles. The number of benzene rings is 2. The van der Waals surface area contributed by atoms with Crippen molar-refractivity contribution in [2.24, 2.45) is 0 Å². The fourth-order valence-corrected chi connectivity index (χ4v) is 4.17. The van der Waals surface area contributed by atoms with Crippen LogP contribution < -0.4 is 5.43 Å². The highest BCUT2D eigenvalue weighted by Crippen LogP contribution is 2.38. The van der Waals surface area contributed by atoms with E-state index in [9.17, 15) is 9.59 Å². The van der Waals surface area contributed by atoms with Gasteiger partial charge in [0.05, 0.1) is 17.0 Å². The molecule has 0 N–H and O–H groups in total. The molecular formula is C23H23ClN2O3. The van der Waals surface area contributed by atoms with Crippen LogP contribution in [-0.4, -0.2) is 41.9 Å². The minimum atomic E-state index is -0.464. The lowest BCUT2D eigenvalue weighted by atomic mass is 9.98. The molecule has 4 rings (SSSR count). The standard InChI is InChI=1S/C23H23ClN2O3/c1-3-25(4-2)12-13-26-20(15-8-6-5-7-9-15)19-21(27)17-14-16(24)10-11-18(17)29-22(19)23(26)28/h5-11,14,20H,3-4,12-13H2,1-2H3. The summed E-state index contributed by atoms with van der Waals surface area (Å²) >= 11 is 6.11. The van der Waals surface area contributed by atoms with Crippen LogP contribution in [0.3, 0.4) is 0 Å². The normalized spacial score (nSPS) is 16.1. The lowest BCUT2D eigenvalue weighted by Gasteiger charge is -2.28. The molecule has 1 aromatic heterocycles. The van der Waals surface area contributed by atoms with Crippen molar-refractivity contribution in [2.75, 3.05) is 26.2 Å². The molecule has 2 aromatic carbocycles. The lowest BCUT2D eigenvalue weighted by molar-refractivity contribution is 0.0708. The molecule has 0 aliphatic carbocycles. The topological polar surface area (TPSA) is 53.8 Å². The van der Waals surface area contributed by atoms with Crippen molar-refractivity contribution in [1.82, 2.24) is 9.80 Å². The molecular weight excluding hydrogens is 388 g/mol. The van der Waals surface area contributed by atoms with E-state index in [1.54, 1.807) is 23.1 Å². The molecule has 0 saturated heterocycles. The minimum Gasteiger partial charge on any atom is -0.450 e. The maximum atomic E-state index is 13.4. The zero-order valence-electron chi connectivity index (χ0n) is 16.5. The van der Waals surface area contributed by atoms with Crippen LogP contribution in [0.1, 0.15) is 41.6 Å². The Morgan fingerprint density at radius 2 is 1.79 bits per heavy atom. The Labute approximate surface area is 174 Å². The van der Waals surface area contributed by atoms with Crippen molar-refractivity contribution in [3.05, 3.63) is 80.7 Å². The molecule has 0 bridgehead atoms. The predicted octanol–water partition coefficient (Wildman–Crippen LogP) is 4.33. The Hall–Kier alpha value is -2.63. The summed E-state index contributed by atoms with van der Waals surface area (Å²) < 4.78 is 5.93. The van der Waals surface area contributed by atoms with Gasteiger partial charge in [0.15, 0.2) is 5.43 Å². The summed E-state index contributed by atoms with van der Waals surface area (Å²) in [7, 11) is 0. The van der Waals surface area contributed by atoms with Gasteiger partial charge >= 0.3 is 0 Å². The Bertz CT molecular complexity index is 1110. The van der Waals surface area contributed by atoms with Crippen LogP contribution in [0.4, 0.5) is 0 Å². The van der Waals surface area contributed by atoms with Gasteiger partial charge in [0.1, 0.15) is 5.58 Å². The van der Waals surface area contributed by atoms with Gasteiger partial charge in [-0.15, -0.1) is 0 Å². The number of hydrogen-bond acceptors (Lipinski definition) is 4. The molecule has 1 unspecified atom stereocenters. The summed E-state index contributed by atoms with van der Waals surface area (Å²) in [5, 5.41) is 0.860. The van der Waals surface area contributed by atoms with Gasteiger partial charge in [-0.1, -0.05) is 55.8 Å².